The Morgan fingerprint density at radius 3 is 2.12 bits per heavy atom. The number of halogens is 1. The molecule has 1 atom stereocenters. The van der Waals surface area contributed by atoms with Gasteiger partial charge in [0.1, 0.15) is 22.3 Å². The van der Waals surface area contributed by atoms with E-state index in [0.717, 1.165) is 22.3 Å². The maximum absolute atomic E-state index is 15.6. The molecule has 2 aromatic rings. The van der Waals surface area contributed by atoms with Crippen molar-refractivity contribution in [2.24, 2.45) is 10.7 Å². The number of aliphatic imine (C=N–C) groups is 1. The maximum atomic E-state index is 15.6. The molecule has 5 nitrogen and oxygen atoms in total. The standard InChI is InChI=1S/C26H40FN3O2S2/c1-9-26(27,10-2)18-11-19(16(3)4)21(20(12-18)17(5)6)13-23(28)30-15-34(32)24-29-14-22(33-24)25(7,8)31/h11-12,14,16-17,31H,9-10,13,15H2,1-8H3,(H2,28,30). The lowest BCUT2D eigenvalue weighted by molar-refractivity contribution is 0.0823. The average molecular weight is 510 g/mol. The predicted octanol–water partition coefficient (Wildman–Crippen LogP) is 6.27. The fraction of sp³-hybridized carbons (Fsp3) is 0.615. The van der Waals surface area contributed by atoms with E-state index in [1.54, 1.807) is 20.0 Å². The first kappa shape index (κ1) is 28.6. The van der Waals surface area contributed by atoms with Crippen LogP contribution in [0.4, 0.5) is 4.39 Å². The number of alkyl halides is 1. The number of thiazole rings is 1. The number of nitrogens with zero attached hydrogens (tertiary/aromatic N) is 2. The highest BCUT2D eigenvalue weighted by molar-refractivity contribution is 7.87. The number of hydrogen-bond donors (Lipinski definition) is 2. The van der Waals surface area contributed by atoms with Gasteiger partial charge in [0.25, 0.3) is 0 Å². The quantitative estimate of drug-likeness (QED) is 0.276. The van der Waals surface area contributed by atoms with Gasteiger partial charge in [-0.25, -0.2) is 13.6 Å². The van der Waals surface area contributed by atoms with Crippen LogP contribution in [0.25, 0.3) is 0 Å². The third kappa shape index (κ3) is 6.73. The van der Waals surface area contributed by atoms with Crippen molar-refractivity contribution in [2.45, 2.75) is 102 Å². The number of aliphatic hydroxyl groups is 1. The largest absolute Gasteiger partial charge is 0.387 e. The second-order valence-electron chi connectivity index (χ2n) is 9.97. The van der Waals surface area contributed by atoms with Gasteiger partial charge in [-0.15, -0.1) is 11.3 Å². The van der Waals surface area contributed by atoms with Crippen LogP contribution in [0.1, 0.15) is 107 Å². The third-order valence-corrected chi connectivity index (χ3v) is 9.00. The Bertz CT molecular complexity index is 1010. The van der Waals surface area contributed by atoms with Crippen molar-refractivity contribution in [1.82, 2.24) is 4.98 Å². The number of hydrogen-bond acceptors (Lipinski definition) is 5. The van der Waals surface area contributed by atoms with Gasteiger partial charge in [-0.05, 0) is 60.8 Å². The monoisotopic (exact) mass is 509 g/mol. The molecule has 1 unspecified atom stereocenters. The molecule has 0 aliphatic rings. The second-order valence-corrected chi connectivity index (χ2v) is 12.6. The van der Waals surface area contributed by atoms with Crippen molar-refractivity contribution >= 4 is 28.0 Å². The molecule has 0 amide bonds. The molecule has 2 rings (SSSR count). The Balaban J connectivity index is 2.36. The molecule has 0 aliphatic heterocycles. The zero-order chi connectivity index (χ0) is 25.8. The minimum absolute atomic E-state index is 0.00993. The van der Waals surface area contributed by atoms with Crippen molar-refractivity contribution in [3.8, 4) is 0 Å². The maximum Gasteiger partial charge on any atom is 0.182 e. The molecular formula is C26H40FN3O2S2. The summed E-state index contributed by atoms with van der Waals surface area (Å²) >= 11 is 1.22. The fourth-order valence-electron chi connectivity index (χ4n) is 3.95. The smallest absolute Gasteiger partial charge is 0.182 e. The molecule has 0 fully saturated rings. The summed E-state index contributed by atoms with van der Waals surface area (Å²) in [4.78, 5) is 9.23. The van der Waals surface area contributed by atoms with E-state index >= 15 is 4.39 Å². The number of aromatic nitrogens is 1. The van der Waals surface area contributed by atoms with Gasteiger partial charge < -0.3 is 10.8 Å². The lowest BCUT2D eigenvalue weighted by Crippen LogP contribution is -2.22. The summed E-state index contributed by atoms with van der Waals surface area (Å²) < 4.78 is 28.7. The van der Waals surface area contributed by atoms with Crippen molar-refractivity contribution in [3.63, 3.8) is 0 Å². The summed E-state index contributed by atoms with van der Waals surface area (Å²) in [6.07, 6.45) is 2.83. The van der Waals surface area contributed by atoms with Crippen molar-refractivity contribution in [2.75, 3.05) is 5.88 Å². The van der Waals surface area contributed by atoms with Crippen LogP contribution in [0.2, 0.25) is 0 Å². The van der Waals surface area contributed by atoms with E-state index in [4.69, 9.17) is 5.73 Å². The highest BCUT2D eigenvalue weighted by atomic mass is 32.2. The van der Waals surface area contributed by atoms with E-state index in [9.17, 15) is 9.32 Å². The molecule has 8 heteroatoms. The molecule has 34 heavy (non-hydrogen) atoms. The number of nitrogens with two attached hydrogens (primary N) is 1. The Hall–Kier alpha value is -1.64. The van der Waals surface area contributed by atoms with E-state index in [0.29, 0.717) is 34.3 Å². The predicted molar refractivity (Wildman–Crippen MR) is 142 cm³/mol. The number of rotatable bonds is 11. The molecule has 0 saturated heterocycles. The van der Waals surface area contributed by atoms with E-state index in [1.807, 2.05) is 26.0 Å². The SMILES string of the molecule is CCC(F)(CC)c1cc(C(C)C)c(C/C(N)=N/CS(=O)c2ncc(C(C)(C)O)s2)c(C(C)C)c1. The molecule has 0 spiro atoms. The summed E-state index contributed by atoms with van der Waals surface area (Å²) in [5.74, 6) is 0.795. The van der Waals surface area contributed by atoms with Crippen LogP contribution in [-0.4, -0.2) is 26.0 Å². The van der Waals surface area contributed by atoms with Crippen LogP contribution >= 0.6 is 11.3 Å². The van der Waals surface area contributed by atoms with Crippen molar-refractivity contribution < 1.29 is 13.7 Å². The van der Waals surface area contributed by atoms with Crippen LogP contribution < -0.4 is 5.73 Å². The fourth-order valence-corrected chi connectivity index (χ4v) is 5.96. The average Bonchev–Trinajstić information content (AvgIpc) is 3.27. The van der Waals surface area contributed by atoms with Gasteiger partial charge in [0.15, 0.2) is 4.34 Å². The molecule has 1 aromatic carbocycles. The third-order valence-electron chi connectivity index (χ3n) is 6.23. The topological polar surface area (TPSA) is 88.6 Å². The highest BCUT2D eigenvalue weighted by Gasteiger charge is 2.30. The van der Waals surface area contributed by atoms with Gasteiger partial charge in [-0.1, -0.05) is 53.7 Å². The van der Waals surface area contributed by atoms with Gasteiger partial charge >= 0.3 is 0 Å². The van der Waals surface area contributed by atoms with Crippen LogP contribution in [0, 0.1) is 0 Å². The first-order chi connectivity index (χ1) is 15.7. The van der Waals surface area contributed by atoms with E-state index in [2.05, 4.69) is 37.7 Å². The molecule has 0 bridgehead atoms. The molecular weight excluding hydrogens is 469 g/mol. The Morgan fingerprint density at radius 1 is 1.18 bits per heavy atom. The van der Waals surface area contributed by atoms with Crippen molar-refractivity contribution in [1.29, 1.82) is 0 Å². The first-order valence-corrected chi connectivity index (χ1v) is 14.1. The number of benzene rings is 1. The Labute approximate surface area is 210 Å². The first-order valence-electron chi connectivity index (χ1n) is 11.9. The lowest BCUT2D eigenvalue weighted by atomic mass is 9.80. The minimum atomic E-state index is -1.44. The van der Waals surface area contributed by atoms with Gasteiger partial charge in [-0.3, -0.25) is 4.99 Å². The lowest BCUT2D eigenvalue weighted by Gasteiger charge is -2.28. The zero-order valence-corrected chi connectivity index (χ0v) is 23.4. The summed E-state index contributed by atoms with van der Waals surface area (Å²) in [6, 6.07) is 4.00. The Morgan fingerprint density at radius 2 is 1.71 bits per heavy atom. The second kappa shape index (κ2) is 11.4. The molecule has 0 aliphatic carbocycles. The highest BCUT2D eigenvalue weighted by Crippen LogP contribution is 2.39. The molecule has 0 saturated carbocycles. The normalized spacial score (nSPS) is 14.3. The summed E-state index contributed by atoms with van der Waals surface area (Å²) in [6.45, 7) is 15.5. The zero-order valence-electron chi connectivity index (χ0n) is 21.7. The van der Waals surface area contributed by atoms with Crippen LogP contribution in [0.15, 0.2) is 27.7 Å². The van der Waals surface area contributed by atoms with Gasteiger partial charge in [-0.2, -0.15) is 0 Å². The van der Waals surface area contributed by atoms with Crippen LogP contribution in [-0.2, 0) is 28.5 Å². The van der Waals surface area contributed by atoms with Gasteiger partial charge in [0, 0.05) is 12.6 Å². The minimum Gasteiger partial charge on any atom is -0.387 e. The van der Waals surface area contributed by atoms with E-state index in [1.165, 1.54) is 11.3 Å². The number of amidine groups is 1. The molecule has 190 valence electrons. The van der Waals surface area contributed by atoms with E-state index < -0.39 is 22.1 Å². The molecule has 0 radical (unpaired) electrons. The summed E-state index contributed by atoms with van der Waals surface area (Å²) in [5, 5.41) is 10.1. The van der Waals surface area contributed by atoms with Gasteiger partial charge in [0.2, 0.25) is 0 Å². The molecule has 1 heterocycles. The Kier molecular flexibility index (Phi) is 9.59. The summed E-state index contributed by atoms with van der Waals surface area (Å²) in [7, 11) is -1.44. The molecule has 1 aromatic heterocycles. The van der Waals surface area contributed by atoms with Crippen LogP contribution in [0.5, 0.6) is 0 Å². The van der Waals surface area contributed by atoms with E-state index in [-0.39, 0.29) is 17.7 Å². The molecule has 3 N–H and O–H groups in total. The van der Waals surface area contributed by atoms with Crippen LogP contribution in [0.3, 0.4) is 0 Å². The van der Waals surface area contributed by atoms with Crippen molar-refractivity contribution in [3.05, 3.63) is 45.5 Å². The summed E-state index contributed by atoms with van der Waals surface area (Å²) in [5.41, 5.74) is 7.91. The van der Waals surface area contributed by atoms with Gasteiger partial charge in [0.05, 0.1) is 16.3 Å².